The fourth-order valence-electron chi connectivity index (χ4n) is 7.40. The van der Waals surface area contributed by atoms with E-state index in [1.165, 1.54) is 18.1 Å². The van der Waals surface area contributed by atoms with E-state index in [1.54, 1.807) is 12.2 Å². The average molecular weight is 441 g/mol. The van der Waals surface area contributed by atoms with E-state index < -0.39 is 22.8 Å². The van der Waals surface area contributed by atoms with Gasteiger partial charge in [-0.1, -0.05) is 30.2 Å². The molecule has 0 aromatic heterocycles. The molecule has 6 atom stereocenters. The topological polar surface area (TPSA) is 78.9 Å². The maximum absolute atomic E-state index is 13.6. The summed E-state index contributed by atoms with van der Waals surface area (Å²) in [6.07, 6.45) is 10.7. The summed E-state index contributed by atoms with van der Waals surface area (Å²) in [7, 11) is 0. The summed E-state index contributed by atoms with van der Waals surface area (Å²) in [5.41, 5.74) is 0.675. The second kappa shape index (κ2) is 6.73. The highest BCUT2D eigenvalue weighted by molar-refractivity contribution is 6.01. The van der Waals surface area contributed by atoms with Crippen molar-refractivity contribution in [2.75, 3.05) is 6.61 Å². The van der Waals surface area contributed by atoms with E-state index in [-0.39, 0.29) is 41.5 Å². The predicted molar refractivity (Wildman–Crippen MR) is 116 cm³/mol. The third-order valence-electron chi connectivity index (χ3n) is 8.76. The molecule has 32 heavy (non-hydrogen) atoms. The lowest BCUT2D eigenvalue weighted by Crippen LogP contribution is -2.59. The highest BCUT2D eigenvalue weighted by Crippen LogP contribution is 2.68. The first-order valence-corrected chi connectivity index (χ1v) is 11.6. The third-order valence-corrected chi connectivity index (χ3v) is 8.76. The van der Waals surface area contributed by atoms with Crippen LogP contribution in [0.5, 0.6) is 0 Å². The molecule has 172 valence electrons. The van der Waals surface area contributed by atoms with Crippen LogP contribution in [0.3, 0.4) is 0 Å². The van der Waals surface area contributed by atoms with Gasteiger partial charge in [-0.25, -0.2) is 0 Å². The lowest BCUT2D eigenvalue weighted by Gasteiger charge is -2.54. The Hall–Kier alpha value is -2.05. The fourth-order valence-corrected chi connectivity index (χ4v) is 7.40. The predicted octanol–water partition coefficient (Wildman–Crippen LogP) is 3.85. The normalized spacial score (nSPS) is 43.4. The van der Waals surface area contributed by atoms with Crippen LogP contribution in [0.1, 0.15) is 60.3 Å². The second-order valence-corrected chi connectivity index (χ2v) is 10.9. The summed E-state index contributed by atoms with van der Waals surface area (Å²) in [5.74, 6) is -1.02. The van der Waals surface area contributed by atoms with Crippen LogP contribution >= 0.6 is 0 Å². The molecule has 1 heterocycles. The number of ketones is 2. The minimum absolute atomic E-state index is 0.0617. The number of esters is 1. The zero-order valence-corrected chi connectivity index (χ0v) is 19.5. The zero-order valence-electron chi connectivity index (χ0n) is 19.5. The largest absolute Gasteiger partial charge is 0.458 e. The van der Waals surface area contributed by atoms with Crippen molar-refractivity contribution in [3.05, 3.63) is 35.5 Å². The van der Waals surface area contributed by atoms with E-state index in [1.807, 2.05) is 13.8 Å². The van der Waals surface area contributed by atoms with Crippen molar-refractivity contribution in [1.82, 2.24) is 0 Å². The second-order valence-electron chi connectivity index (χ2n) is 10.9. The van der Waals surface area contributed by atoms with E-state index in [0.29, 0.717) is 6.42 Å². The Labute approximate surface area is 189 Å². The van der Waals surface area contributed by atoms with Gasteiger partial charge in [-0.05, 0) is 70.4 Å². The van der Waals surface area contributed by atoms with Crippen molar-refractivity contribution in [2.24, 2.45) is 22.7 Å². The van der Waals surface area contributed by atoms with E-state index in [4.69, 9.17) is 14.2 Å². The first kappa shape index (κ1) is 21.8. The molecule has 6 heteroatoms. The van der Waals surface area contributed by atoms with Crippen LogP contribution in [0.4, 0.5) is 0 Å². The van der Waals surface area contributed by atoms with Gasteiger partial charge in [0.2, 0.25) is 5.78 Å². The van der Waals surface area contributed by atoms with E-state index in [9.17, 15) is 14.4 Å². The van der Waals surface area contributed by atoms with Crippen molar-refractivity contribution in [1.29, 1.82) is 0 Å². The van der Waals surface area contributed by atoms with Gasteiger partial charge in [-0.15, -0.1) is 0 Å². The summed E-state index contributed by atoms with van der Waals surface area (Å²) >= 11 is 0. The van der Waals surface area contributed by atoms with Gasteiger partial charge in [-0.3, -0.25) is 14.4 Å². The van der Waals surface area contributed by atoms with Crippen LogP contribution in [-0.2, 0) is 28.6 Å². The third kappa shape index (κ3) is 2.75. The number of fused-ring (bicyclic) bond motifs is 7. The Kier molecular flexibility index (Phi) is 4.58. The highest BCUT2D eigenvalue weighted by Gasteiger charge is 2.74. The average Bonchev–Trinajstić information content (AvgIpc) is 3.12. The Morgan fingerprint density at radius 1 is 1.22 bits per heavy atom. The van der Waals surface area contributed by atoms with Crippen molar-refractivity contribution in [3.8, 4) is 0 Å². The maximum atomic E-state index is 13.6. The van der Waals surface area contributed by atoms with Gasteiger partial charge in [-0.2, -0.15) is 0 Å². The molecule has 5 aliphatic rings. The number of carbonyl (C=O) groups excluding carboxylic acids is 3. The minimum Gasteiger partial charge on any atom is -0.458 e. The molecule has 0 unspecified atom stereocenters. The molecule has 6 nitrogen and oxygen atoms in total. The fraction of sp³-hybridized carbons (Fsp3) is 0.654. The number of hydrogen-bond acceptors (Lipinski definition) is 6. The first-order chi connectivity index (χ1) is 14.9. The van der Waals surface area contributed by atoms with E-state index >= 15 is 0 Å². The van der Waals surface area contributed by atoms with Crippen molar-refractivity contribution in [3.63, 3.8) is 0 Å². The molecule has 1 saturated heterocycles. The summed E-state index contributed by atoms with van der Waals surface area (Å²) in [6, 6.07) is 0. The summed E-state index contributed by atoms with van der Waals surface area (Å²) in [6.45, 7) is 9.05. The smallest absolute Gasteiger partial charge is 0.303 e. The highest BCUT2D eigenvalue weighted by atomic mass is 16.8. The summed E-state index contributed by atoms with van der Waals surface area (Å²) < 4.78 is 17.9. The molecule has 2 saturated carbocycles. The van der Waals surface area contributed by atoms with Crippen LogP contribution < -0.4 is 0 Å². The van der Waals surface area contributed by atoms with E-state index in [2.05, 4.69) is 26.0 Å². The van der Waals surface area contributed by atoms with Crippen LogP contribution in [0.2, 0.25) is 0 Å². The molecular formula is C26H32O6. The van der Waals surface area contributed by atoms with Crippen molar-refractivity contribution < 1.29 is 28.6 Å². The lowest BCUT2D eigenvalue weighted by molar-refractivity contribution is -0.206. The van der Waals surface area contributed by atoms with Gasteiger partial charge in [0.05, 0.1) is 6.10 Å². The molecule has 4 aliphatic carbocycles. The molecular weight excluding hydrogens is 408 g/mol. The van der Waals surface area contributed by atoms with Crippen molar-refractivity contribution in [2.45, 2.75) is 77.8 Å². The zero-order chi connectivity index (χ0) is 23.1. The molecule has 0 aromatic rings. The Morgan fingerprint density at radius 3 is 2.69 bits per heavy atom. The molecule has 0 N–H and O–H groups in total. The summed E-state index contributed by atoms with van der Waals surface area (Å²) in [4.78, 5) is 37.0. The maximum Gasteiger partial charge on any atom is 0.303 e. The van der Waals surface area contributed by atoms with Gasteiger partial charge in [0, 0.05) is 17.8 Å². The van der Waals surface area contributed by atoms with Gasteiger partial charge >= 0.3 is 5.97 Å². The quantitative estimate of drug-likeness (QED) is 0.490. The van der Waals surface area contributed by atoms with Gasteiger partial charge in [0.1, 0.15) is 0 Å². The van der Waals surface area contributed by atoms with E-state index in [0.717, 1.165) is 19.3 Å². The molecule has 5 rings (SSSR count). The Morgan fingerprint density at radius 2 is 1.97 bits per heavy atom. The number of hydrogen-bond donors (Lipinski definition) is 0. The Balaban J connectivity index is 1.57. The minimum atomic E-state index is -1.14. The number of rotatable bonds is 3. The molecule has 0 spiro atoms. The molecule has 1 aliphatic heterocycles. The standard InChI is InChI=1S/C26H32O6/c1-15(27)30-14-21(29)26-22(31-23(2,3)32-26)13-20-18-7-6-16-12-17(28)8-10-24(16,4)19(18)9-11-25(20,26)5/h8-10,12,18,20,22H,6-7,11,13-14H2,1-5H3/t18-,20-,22-,24-,25+,26+/m1/s1. The van der Waals surface area contributed by atoms with Gasteiger partial charge in [0.25, 0.3) is 0 Å². The SMILES string of the molecule is CC(=O)OCC(=O)[C@]12OC(C)(C)O[C@@H]1C[C@@H]1[C@@H]3CCC4=CC(=O)C=C[C@@]4(C)C3=CC[C@@]12C. The first-order valence-electron chi connectivity index (χ1n) is 11.6. The Bertz CT molecular complexity index is 1000. The summed E-state index contributed by atoms with van der Waals surface area (Å²) in [5, 5.41) is 0. The van der Waals surface area contributed by atoms with Gasteiger partial charge in [0.15, 0.2) is 23.8 Å². The molecule has 0 amide bonds. The van der Waals surface area contributed by atoms with Crippen LogP contribution in [0.15, 0.2) is 35.5 Å². The van der Waals surface area contributed by atoms with Crippen LogP contribution in [0.25, 0.3) is 0 Å². The molecule has 0 radical (unpaired) electrons. The monoisotopic (exact) mass is 440 g/mol. The van der Waals surface area contributed by atoms with Crippen LogP contribution in [0, 0.1) is 22.7 Å². The molecule has 0 bridgehead atoms. The molecule has 3 fully saturated rings. The lowest BCUT2D eigenvalue weighted by atomic mass is 9.51. The number of allylic oxidation sites excluding steroid dienone is 6. The van der Waals surface area contributed by atoms with Crippen molar-refractivity contribution >= 4 is 17.5 Å². The number of carbonyl (C=O) groups is 3. The molecule has 0 aromatic carbocycles. The van der Waals surface area contributed by atoms with Gasteiger partial charge < -0.3 is 14.2 Å². The number of ether oxygens (including phenoxy) is 3. The number of Topliss-reactive ketones (excluding diaryl/α,β-unsaturated/α-hetero) is 1. The van der Waals surface area contributed by atoms with Crippen LogP contribution in [-0.4, -0.2) is 41.6 Å².